The summed E-state index contributed by atoms with van der Waals surface area (Å²) >= 11 is 0. The van der Waals surface area contributed by atoms with Crippen LogP contribution in [0.3, 0.4) is 0 Å². The SMILES string of the molecule is Cc1c(C#CCCO)cccc1C(=O)NC1CC(C)C1. The molecule has 1 amide bonds. The second kappa shape index (κ2) is 6.58. The Morgan fingerprint density at radius 1 is 1.45 bits per heavy atom. The summed E-state index contributed by atoms with van der Waals surface area (Å²) < 4.78 is 0. The number of nitrogens with one attached hydrogen (secondary N) is 1. The van der Waals surface area contributed by atoms with Crippen molar-refractivity contribution in [1.82, 2.24) is 5.32 Å². The number of rotatable bonds is 3. The maximum absolute atomic E-state index is 12.3. The van der Waals surface area contributed by atoms with Crippen LogP contribution < -0.4 is 5.32 Å². The van der Waals surface area contributed by atoms with E-state index in [0.717, 1.165) is 29.9 Å². The van der Waals surface area contributed by atoms with Crippen molar-refractivity contribution in [2.45, 2.75) is 39.2 Å². The highest BCUT2D eigenvalue weighted by Gasteiger charge is 2.27. The number of aliphatic hydroxyl groups is 1. The second-order valence-corrected chi connectivity index (χ2v) is 5.50. The van der Waals surface area contributed by atoms with Crippen LogP contribution in [0.2, 0.25) is 0 Å². The van der Waals surface area contributed by atoms with Gasteiger partial charge in [0.1, 0.15) is 0 Å². The number of hydrogen-bond donors (Lipinski definition) is 2. The quantitative estimate of drug-likeness (QED) is 0.828. The van der Waals surface area contributed by atoms with E-state index in [1.165, 1.54) is 0 Å². The zero-order valence-electron chi connectivity index (χ0n) is 12.1. The number of aliphatic hydroxyl groups excluding tert-OH is 1. The van der Waals surface area contributed by atoms with Crippen LogP contribution in [0.15, 0.2) is 18.2 Å². The summed E-state index contributed by atoms with van der Waals surface area (Å²) in [7, 11) is 0. The highest BCUT2D eigenvalue weighted by atomic mass is 16.2. The van der Waals surface area contributed by atoms with Gasteiger partial charge in [-0.1, -0.05) is 24.8 Å². The van der Waals surface area contributed by atoms with Gasteiger partial charge in [-0.25, -0.2) is 0 Å². The molecule has 0 atom stereocenters. The van der Waals surface area contributed by atoms with Gasteiger partial charge < -0.3 is 10.4 Å². The summed E-state index contributed by atoms with van der Waals surface area (Å²) in [6.07, 6.45) is 2.59. The molecule has 0 spiro atoms. The zero-order valence-corrected chi connectivity index (χ0v) is 12.1. The van der Waals surface area contributed by atoms with E-state index in [1.807, 2.05) is 25.1 Å². The maximum atomic E-state index is 12.3. The van der Waals surface area contributed by atoms with Crippen LogP contribution >= 0.6 is 0 Å². The van der Waals surface area contributed by atoms with Crippen LogP contribution in [0.1, 0.15) is 47.7 Å². The first-order valence-corrected chi connectivity index (χ1v) is 7.12. The van der Waals surface area contributed by atoms with Crippen LogP contribution in [0, 0.1) is 24.7 Å². The third-order valence-corrected chi connectivity index (χ3v) is 3.75. The Hall–Kier alpha value is -1.79. The van der Waals surface area contributed by atoms with Gasteiger partial charge in [-0.2, -0.15) is 0 Å². The van der Waals surface area contributed by atoms with Gasteiger partial charge in [0.25, 0.3) is 5.91 Å². The predicted molar refractivity (Wildman–Crippen MR) is 79.4 cm³/mol. The van der Waals surface area contributed by atoms with Gasteiger partial charge in [-0.05, 0) is 43.4 Å². The minimum absolute atomic E-state index is 0.00907. The Morgan fingerprint density at radius 2 is 2.20 bits per heavy atom. The van der Waals surface area contributed by atoms with Crippen LogP contribution in [-0.2, 0) is 0 Å². The van der Waals surface area contributed by atoms with Crippen molar-refractivity contribution in [3.05, 3.63) is 34.9 Å². The topological polar surface area (TPSA) is 49.3 Å². The minimum atomic E-state index is -0.00907. The lowest BCUT2D eigenvalue weighted by Crippen LogP contribution is -2.43. The fraction of sp³-hybridized carbons (Fsp3) is 0.471. The van der Waals surface area contributed by atoms with E-state index in [1.54, 1.807) is 0 Å². The lowest BCUT2D eigenvalue weighted by atomic mass is 9.82. The van der Waals surface area contributed by atoms with Gasteiger partial charge in [0.2, 0.25) is 0 Å². The average molecular weight is 271 g/mol. The molecule has 0 heterocycles. The molecule has 3 nitrogen and oxygen atoms in total. The molecule has 0 saturated heterocycles. The van der Waals surface area contributed by atoms with Crippen molar-refractivity contribution in [2.75, 3.05) is 6.61 Å². The van der Waals surface area contributed by atoms with Crippen molar-refractivity contribution < 1.29 is 9.90 Å². The summed E-state index contributed by atoms with van der Waals surface area (Å²) in [4.78, 5) is 12.3. The van der Waals surface area contributed by atoms with Gasteiger partial charge in [0.15, 0.2) is 0 Å². The van der Waals surface area contributed by atoms with Crippen molar-refractivity contribution >= 4 is 5.91 Å². The number of hydrogen-bond acceptors (Lipinski definition) is 2. The van der Waals surface area contributed by atoms with E-state index < -0.39 is 0 Å². The molecule has 0 unspecified atom stereocenters. The lowest BCUT2D eigenvalue weighted by Gasteiger charge is -2.33. The first kappa shape index (κ1) is 14.6. The Balaban J connectivity index is 2.10. The van der Waals surface area contributed by atoms with Gasteiger partial charge >= 0.3 is 0 Å². The Bertz CT molecular complexity index is 548. The number of carbonyl (C=O) groups is 1. The summed E-state index contributed by atoms with van der Waals surface area (Å²) in [6, 6.07) is 5.92. The zero-order chi connectivity index (χ0) is 14.5. The Morgan fingerprint density at radius 3 is 2.85 bits per heavy atom. The molecule has 1 aliphatic carbocycles. The standard InChI is InChI=1S/C17H21NO2/c1-12-10-15(11-12)18-17(20)16-8-5-7-14(13(16)2)6-3-4-9-19/h5,7-8,12,15,19H,4,9-11H2,1-2H3,(H,18,20). The van der Waals surface area contributed by atoms with E-state index in [0.29, 0.717) is 18.0 Å². The first-order valence-electron chi connectivity index (χ1n) is 7.12. The molecular formula is C17H21NO2. The van der Waals surface area contributed by atoms with E-state index in [-0.39, 0.29) is 12.5 Å². The highest BCUT2D eigenvalue weighted by Crippen LogP contribution is 2.26. The van der Waals surface area contributed by atoms with Gasteiger partial charge in [-0.15, -0.1) is 0 Å². The van der Waals surface area contributed by atoms with Crippen LogP contribution in [0.25, 0.3) is 0 Å². The number of amides is 1. The molecule has 3 heteroatoms. The average Bonchev–Trinajstić information content (AvgIpc) is 2.39. The monoisotopic (exact) mass is 271 g/mol. The molecule has 0 aromatic heterocycles. The molecular weight excluding hydrogens is 250 g/mol. The third kappa shape index (κ3) is 3.40. The molecule has 1 fully saturated rings. The maximum Gasteiger partial charge on any atom is 0.251 e. The molecule has 2 rings (SSSR count). The molecule has 0 bridgehead atoms. The first-order chi connectivity index (χ1) is 9.61. The van der Waals surface area contributed by atoms with Crippen molar-refractivity contribution in [1.29, 1.82) is 0 Å². The molecule has 1 aromatic carbocycles. The van der Waals surface area contributed by atoms with Gasteiger partial charge in [-0.3, -0.25) is 4.79 Å². The Labute approximate surface area is 120 Å². The van der Waals surface area contributed by atoms with Crippen LogP contribution in [0.5, 0.6) is 0 Å². The fourth-order valence-corrected chi connectivity index (χ4v) is 2.51. The third-order valence-electron chi connectivity index (χ3n) is 3.75. The Kier molecular flexibility index (Phi) is 4.81. The van der Waals surface area contributed by atoms with Crippen molar-refractivity contribution in [2.24, 2.45) is 5.92 Å². The minimum Gasteiger partial charge on any atom is -0.395 e. The summed E-state index contributed by atoms with van der Waals surface area (Å²) in [6.45, 7) is 4.18. The van der Waals surface area contributed by atoms with Crippen LogP contribution in [-0.4, -0.2) is 23.7 Å². The van der Waals surface area contributed by atoms with E-state index >= 15 is 0 Å². The second-order valence-electron chi connectivity index (χ2n) is 5.50. The number of benzene rings is 1. The van der Waals surface area contributed by atoms with E-state index in [4.69, 9.17) is 5.11 Å². The summed E-state index contributed by atoms with van der Waals surface area (Å²) in [5, 5.41) is 11.8. The molecule has 106 valence electrons. The smallest absolute Gasteiger partial charge is 0.251 e. The van der Waals surface area contributed by atoms with Gasteiger partial charge in [0, 0.05) is 23.6 Å². The van der Waals surface area contributed by atoms with Crippen molar-refractivity contribution in [3.63, 3.8) is 0 Å². The van der Waals surface area contributed by atoms with Crippen LogP contribution in [0.4, 0.5) is 0 Å². The molecule has 1 saturated carbocycles. The number of carbonyl (C=O) groups excluding carboxylic acids is 1. The normalized spacial score (nSPS) is 20.6. The fourth-order valence-electron chi connectivity index (χ4n) is 2.51. The molecule has 1 aromatic rings. The molecule has 0 radical (unpaired) electrons. The highest BCUT2D eigenvalue weighted by molar-refractivity contribution is 5.96. The molecule has 0 aliphatic heterocycles. The molecule has 1 aliphatic rings. The summed E-state index contributed by atoms with van der Waals surface area (Å²) in [5.41, 5.74) is 2.45. The molecule has 20 heavy (non-hydrogen) atoms. The predicted octanol–water partition coefficient (Wildman–Crippen LogP) is 2.26. The summed E-state index contributed by atoms with van der Waals surface area (Å²) in [5.74, 6) is 6.61. The van der Waals surface area contributed by atoms with E-state index in [9.17, 15) is 4.79 Å². The largest absolute Gasteiger partial charge is 0.395 e. The lowest BCUT2D eigenvalue weighted by molar-refractivity contribution is 0.0895. The van der Waals surface area contributed by atoms with E-state index in [2.05, 4.69) is 24.1 Å². The van der Waals surface area contributed by atoms with Crippen molar-refractivity contribution in [3.8, 4) is 11.8 Å². The molecule has 2 N–H and O–H groups in total. The van der Waals surface area contributed by atoms with Gasteiger partial charge in [0.05, 0.1) is 6.61 Å².